The molecule has 0 saturated heterocycles. The molecule has 0 spiro atoms. The van der Waals surface area contributed by atoms with Crippen molar-refractivity contribution in [3.05, 3.63) is 12.7 Å². The van der Waals surface area contributed by atoms with Gasteiger partial charge in [-0.3, -0.25) is 0 Å². The van der Waals surface area contributed by atoms with Crippen LogP contribution in [0.3, 0.4) is 0 Å². The van der Waals surface area contributed by atoms with Crippen LogP contribution in [0, 0.1) is 0 Å². The monoisotopic (exact) mass is 126 g/mol. The van der Waals surface area contributed by atoms with E-state index in [1.807, 2.05) is 6.92 Å². The van der Waals surface area contributed by atoms with Gasteiger partial charge in [0.1, 0.15) is 0 Å². The summed E-state index contributed by atoms with van der Waals surface area (Å²) in [6.07, 6.45) is -0.333. The Morgan fingerprint density at radius 2 is 1.88 bits per heavy atom. The van der Waals surface area contributed by atoms with Gasteiger partial charge < -0.3 is 15.0 Å². The van der Waals surface area contributed by atoms with Crippen molar-refractivity contribution < 1.29 is 44.6 Å². The van der Waals surface area contributed by atoms with Crippen molar-refractivity contribution in [2.75, 3.05) is 0 Å². The summed E-state index contributed by atoms with van der Waals surface area (Å²) in [5.74, 6) is 0. The number of allylic oxidation sites excluding steroid dienone is 1. The van der Waals surface area contributed by atoms with Crippen LogP contribution in [-0.4, -0.2) is 11.3 Å². The maximum Gasteiger partial charge on any atom is 1.00 e. The summed E-state index contributed by atoms with van der Waals surface area (Å²) >= 11 is 0. The van der Waals surface area contributed by atoms with E-state index >= 15 is 0 Å². The van der Waals surface area contributed by atoms with Gasteiger partial charge in [0.15, 0.2) is 0 Å². The van der Waals surface area contributed by atoms with E-state index in [1.54, 1.807) is 6.08 Å². The molecule has 0 heterocycles. The number of hydrogen-bond donors (Lipinski definition) is 1. The third-order valence-corrected chi connectivity index (χ3v) is 0. The molecular weight excluding hydrogens is 119 g/mol. The SMILES string of the molecule is C=CC.O=C([O-])O.[Na+]. The molecule has 0 aromatic carbocycles. The van der Waals surface area contributed by atoms with Crippen LogP contribution in [0.25, 0.3) is 0 Å². The second kappa shape index (κ2) is 15.7. The fourth-order valence-electron chi connectivity index (χ4n) is 0. The molecule has 0 radical (unpaired) electrons. The van der Waals surface area contributed by atoms with Crippen LogP contribution >= 0.6 is 0 Å². The molecule has 0 aliphatic rings. The van der Waals surface area contributed by atoms with E-state index in [-0.39, 0.29) is 29.6 Å². The molecule has 0 fully saturated rings. The standard InChI is InChI=1S/C3H6.CH2O3.Na/c1-3-2;2-1(3)4;/h3H,1H2,2H3;(H2,2,3,4);/q;;+1/p-1. The summed E-state index contributed by atoms with van der Waals surface area (Å²) in [5, 5.41) is 15.3. The third-order valence-electron chi connectivity index (χ3n) is 0. The first kappa shape index (κ1) is 15.7. The molecule has 0 aromatic rings. The first-order chi connectivity index (χ1) is 3.15. The van der Waals surface area contributed by atoms with Crippen molar-refractivity contribution in [3.8, 4) is 0 Å². The van der Waals surface area contributed by atoms with Crippen LogP contribution in [0.5, 0.6) is 0 Å². The molecule has 0 aromatic heterocycles. The van der Waals surface area contributed by atoms with E-state index in [2.05, 4.69) is 6.58 Å². The van der Waals surface area contributed by atoms with Gasteiger partial charge in [0.25, 0.3) is 0 Å². The molecule has 0 rings (SSSR count). The number of carbonyl (C=O) groups is 1. The average Bonchev–Trinajstić information content (AvgIpc) is 1.33. The first-order valence-corrected chi connectivity index (χ1v) is 1.62. The molecule has 0 aliphatic heterocycles. The van der Waals surface area contributed by atoms with E-state index < -0.39 is 6.16 Å². The summed E-state index contributed by atoms with van der Waals surface area (Å²) in [6, 6.07) is 0. The summed E-state index contributed by atoms with van der Waals surface area (Å²) in [7, 11) is 0. The van der Waals surface area contributed by atoms with E-state index in [1.165, 1.54) is 0 Å². The summed E-state index contributed by atoms with van der Waals surface area (Å²) in [4.78, 5) is 8.44. The van der Waals surface area contributed by atoms with Crippen LogP contribution in [-0.2, 0) is 0 Å². The van der Waals surface area contributed by atoms with Gasteiger partial charge in [-0.2, -0.15) is 0 Å². The van der Waals surface area contributed by atoms with Crippen LogP contribution < -0.4 is 34.7 Å². The van der Waals surface area contributed by atoms with E-state index in [0.29, 0.717) is 0 Å². The van der Waals surface area contributed by atoms with Crippen LogP contribution in [0.15, 0.2) is 12.7 Å². The van der Waals surface area contributed by atoms with Gasteiger partial charge in [-0.25, -0.2) is 0 Å². The first-order valence-electron chi connectivity index (χ1n) is 1.62. The number of hydrogen-bond acceptors (Lipinski definition) is 2. The molecule has 0 atom stereocenters. The molecule has 3 nitrogen and oxygen atoms in total. The third kappa shape index (κ3) is 1510000. The van der Waals surface area contributed by atoms with Gasteiger partial charge >= 0.3 is 29.6 Å². The Hall–Kier alpha value is 0.0100. The van der Waals surface area contributed by atoms with Crippen molar-refractivity contribution in [2.45, 2.75) is 6.92 Å². The second-order valence-electron chi connectivity index (χ2n) is 0.674. The Balaban J connectivity index is -0.0000000575. The Bertz CT molecular complexity index is 58.3. The van der Waals surface area contributed by atoms with Crippen molar-refractivity contribution in [1.29, 1.82) is 0 Å². The molecular formula is C4H7NaO3. The zero-order valence-electron chi connectivity index (χ0n) is 5.05. The topological polar surface area (TPSA) is 60.4 Å². The summed E-state index contributed by atoms with van der Waals surface area (Å²) < 4.78 is 0. The fraction of sp³-hybridized carbons (Fsp3) is 0.250. The Morgan fingerprint density at radius 1 is 1.88 bits per heavy atom. The van der Waals surface area contributed by atoms with Gasteiger partial charge in [-0.15, -0.1) is 6.58 Å². The predicted molar refractivity (Wildman–Crippen MR) is 23.9 cm³/mol. The van der Waals surface area contributed by atoms with Crippen LogP contribution in [0.1, 0.15) is 6.92 Å². The maximum absolute atomic E-state index is 8.44. The molecule has 42 valence electrons. The van der Waals surface area contributed by atoms with Crippen molar-refractivity contribution in [3.63, 3.8) is 0 Å². The molecule has 0 amide bonds. The predicted octanol–water partition coefficient (Wildman–Crippen LogP) is -2.92. The Morgan fingerprint density at radius 3 is 1.88 bits per heavy atom. The largest absolute Gasteiger partial charge is 1.00 e. The molecule has 1 N–H and O–H groups in total. The van der Waals surface area contributed by atoms with Gasteiger partial charge in [-0.1, -0.05) is 6.08 Å². The van der Waals surface area contributed by atoms with E-state index in [9.17, 15) is 0 Å². The molecule has 0 unspecified atom stereocenters. The molecule has 0 aliphatic carbocycles. The smallest absolute Gasteiger partial charge is 0.565 e. The van der Waals surface area contributed by atoms with E-state index in [4.69, 9.17) is 15.0 Å². The van der Waals surface area contributed by atoms with Crippen molar-refractivity contribution in [1.82, 2.24) is 0 Å². The van der Waals surface area contributed by atoms with Crippen molar-refractivity contribution in [2.24, 2.45) is 0 Å². The van der Waals surface area contributed by atoms with Crippen LogP contribution in [0.2, 0.25) is 0 Å². The van der Waals surface area contributed by atoms with Crippen LogP contribution in [0.4, 0.5) is 4.79 Å². The zero-order chi connectivity index (χ0) is 6.28. The van der Waals surface area contributed by atoms with Gasteiger partial charge in [0.05, 0.1) is 0 Å². The minimum atomic E-state index is -2.08. The van der Waals surface area contributed by atoms with Gasteiger partial charge in [0, 0.05) is 0 Å². The minimum Gasteiger partial charge on any atom is -0.565 e. The Labute approximate surface area is 70.3 Å². The summed E-state index contributed by atoms with van der Waals surface area (Å²) in [6.45, 7) is 5.25. The van der Waals surface area contributed by atoms with E-state index in [0.717, 1.165) is 0 Å². The number of carboxylic acid groups (broad SMARTS) is 2. The molecule has 8 heavy (non-hydrogen) atoms. The second-order valence-corrected chi connectivity index (χ2v) is 0.674. The Kier molecular flexibility index (Phi) is 30.9. The minimum absolute atomic E-state index is 0. The fourth-order valence-corrected chi connectivity index (χ4v) is 0. The van der Waals surface area contributed by atoms with Gasteiger partial charge in [0.2, 0.25) is 6.16 Å². The quantitative estimate of drug-likeness (QED) is 0.279. The molecule has 4 heteroatoms. The average molecular weight is 126 g/mol. The molecule has 0 saturated carbocycles. The van der Waals surface area contributed by atoms with Gasteiger partial charge in [-0.05, 0) is 6.92 Å². The normalized spacial score (nSPS) is 4.62. The summed E-state index contributed by atoms with van der Waals surface area (Å²) in [5.41, 5.74) is 0. The number of rotatable bonds is 0. The molecule has 0 bridgehead atoms. The zero-order valence-corrected chi connectivity index (χ0v) is 7.05. The maximum atomic E-state index is 8.44. The van der Waals surface area contributed by atoms with Crippen molar-refractivity contribution >= 4 is 6.16 Å².